The fourth-order valence-corrected chi connectivity index (χ4v) is 2.68. The molecular formula is C10H21N3. The van der Waals surface area contributed by atoms with Gasteiger partial charge in [-0.25, -0.2) is 5.01 Å². The number of hydrazine groups is 1. The molecule has 2 N–H and O–H groups in total. The third kappa shape index (κ3) is 1.60. The lowest BCUT2D eigenvalue weighted by atomic mass is 9.88. The van der Waals surface area contributed by atoms with Gasteiger partial charge >= 0.3 is 0 Å². The van der Waals surface area contributed by atoms with Gasteiger partial charge in [-0.2, -0.15) is 0 Å². The molecule has 3 aliphatic rings. The van der Waals surface area contributed by atoms with E-state index in [2.05, 4.69) is 25.7 Å². The number of nitrogens with two attached hydrogens (primary N) is 1. The van der Waals surface area contributed by atoms with E-state index in [1.165, 1.54) is 12.8 Å². The molecular weight excluding hydrogens is 162 g/mol. The Hall–Kier alpha value is -0.120. The number of piperidine rings is 2. The van der Waals surface area contributed by atoms with E-state index in [0.717, 1.165) is 13.1 Å². The Labute approximate surface area is 80.8 Å². The van der Waals surface area contributed by atoms with Crippen LogP contribution in [0.25, 0.3) is 0 Å². The van der Waals surface area contributed by atoms with Gasteiger partial charge in [-0.05, 0) is 33.6 Å². The Morgan fingerprint density at radius 1 is 1.08 bits per heavy atom. The smallest absolute Gasteiger partial charge is 0.0370 e. The van der Waals surface area contributed by atoms with Crippen molar-refractivity contribution in [1.82, 2.24) is 9.91 Å². The normalized spacial score (nSPS) is 36.9. The maximum Gasteiger partial charge on any atom is 0.0370 e. The molecule has 3 saturated heterocycles. The average molecular weight is 183 g/mol. The first-order valence-corrected chi connectivity index (χ1v) is 5.26. The summed E-state index contributed by atoms with van der Waals surface area (Å²) >= 11 is 0. The molecule has 13 heavy (non-hydrogen) atoms. The fourth-order valence-electron chi connectivity index (χ4n) is 2.68. The number of fused-ring (bicyclic) bond motifs is 3. The summed E-state index contributed by atoms with van der Waals surface area (Å²) in [6.45, 7) is 9.12. The maximum atomic E-state index is 5.93. The molecule has 0 radical (unpaired) electrons. The van der Waals surface area contributed by atoms with Crippen LogP contribution in [-0.2, 0) is 0 Å². The zero-order valence-corrected chi connectivity index (χ0v) is 8.95. The lowest BCUT2D eigenvalue weighted by Gasteiger charge is -2.54. The topological polar surface area (TPSA) is 32.5 Å². The quantitative estimate of drug-likeness (QED) is 0.564. The summed E-state index contributed by atoms with van der Waals surface area (Å²) < 4.78 is 0. The summed E-state index contributed by atoms with van der Waals surface area (Å²) in [5.74, 6) is 5.93. The second-order valence-electron chi connectivity index (χ2n) is 5.40. The van der Waals surface area contributed by atoms with Crippen LogP contribution in [0.2, 0.25) is 0 Å². The Bertz CT molecular complexity index is 197. The molecule has 2 bridgehead atoms. The molecule has 0 aromatic carbocycles. The number of rotatable bonds is 0. The third-order valence-electron chi connectivity index (χ3n) is 3.43. The molecule has 0 unspecified atom stereocenters. The molecule has 76 valence electrons. The van der Waals surface area contributed by atoms with Crippen molar-refractivity contribution in [1.29, 1.82) is 0 Å². The minimum absolute atomic E-state index is 0.310. The highest BCUT2D eigenvalue weighted by Gasteiger charge is 2.41. The van der Waals surface area contributed by atoms with Crippen LogP contribution in [0.1, 0.15) is 33.6 Å². The van der Waals surface area contributed by atoms with Gasteiger partial charge in [0.15, 0.2) is 0 Å². The highest BCUT2D eigenvalue weighted by atomic mass is 15.5. The van der Waals surface area contributed by atoms with E-state index in [1.54, 1.807) is 0 Å². The molecule has 0 aromatic rings. The van der Waals surface area contributed by atoms with Crippen molar-refractivity contribution in [2.75, 3.05) is 13.1 Å². The molecule has 3 fully saturated rings. The van der Waals surface area contributed by atoms with Crippen LogP contribution in [0.3, 0.4) is 0 Å². The molecule has 0 amide bonds. The molecule has 0 aliphatic carbocycles. The summed E-state index contributed by atoms with van der Waals surface area (Å²) in [5, 5.41) is 2.04. The van der Waals surface area contributed by atoms with Gasteiger partial charge in [-0.3, -0.25) is 10.7 Å². The van der Waals surface area contributed by atoms with E-state index in [9.17, 15) is 0 Å². The summed E-state index contributed by atoms with van der Waals surface area (Å²) in [4.78, 5) is 2.62. The van der Waals surface area contributed by atoms with Crippen molar-refractivity contribution in [2.45, 2.75) is 51.2 Å². The van der Waals surface area contributed by atoms with E-state index in [1.807, 2.05) is 5.01 Å². The summed E-state index contributed by atoms with van der Waals surface area (Å²) in [5.41, 5.74) is 0.310. The highest BCUT2D eigenvalue weighted by Crippen LogP contribution is 2.31. The van der Waals surface area contributed by atoms with Gasteiger partial charge in [0.25, 0.3) is 0 Å². The van der Waals surface area contributed by atoms with Crippen molar-refractivity contribution in [2.24, 2.45) is 5.84 Å². The van der Waals surface area contributed by atoms with E-state index < -0.39 is 0 Å². The van der Waals surface area contributed by atoms with Crippen LogP contribution < -0.4 is 5.84 Å². The maximum absolute atomic E-state index is 5.93. The van der Waals surface area contributed by atoms with Crippen LogP contribution in [0.4, 0.5) is 0 Å². The van der Waals surface area contributed by atoms with Crippen molar-refractivity contribution in [3.63, 3.8) is 0 Å². The third-order valence-corrected chi connectivity index (χ3v) is 3.43. The Kier molecular flexibility index (Phi) is 2.13. The first kappa shape index (κ1) is 9.44. The second kappa shape index (κ2) is 2.94. The minimum atomic E-state index is 0.310. The Morgan fingerprint density at radius 3 is 2.08 bits per heavy atom. The number of piperazine rings is 1. The average Bonchev–Trinajstić information content (AvgIpc) is 2.03. The minimum Gasteiger partial charge on any atom is -0.293 e. The standard InChI is InChI=1S/C10H21N3/c1-10(2,3)12-6-9-5-4-8(12)7-13(9)11/h8-9H,4-7,11H2,1-3H3/t8-,9-/m0/s1. The van der Waals surface area contributed by atoms with Crippen molar-refractivity contribution in [3.05, 3.63) is 0 Å². The van der Waals surface area contributed by atoms with Crippen molar-refractivity contribution < 1.29 is 0 Å². The van der Waals surface area contributed by atoms with E-state index in [-0.39, 0.29) is 0 Å². The van der Waals surface area contributed by atoms with E-state index >= 15 is 0 Å². The lowest BCUT2D eigenvalue weighted by molar-refractivity contribution is -0.0639. The van der Waals surface area contributed by atoms with Gasteiger partial charge in [0.1, 0.15) is 0 Å². The second-order valence-corrected chi connectivity index (χ2v) is 5.40. The van der Waals surface area contributed by atoms with Gasteiger partial charge in [0.05, 0.1) is 0 Å². The zero-order chi connectivity index (χ0) is 9.64. The largest absolute Gasteiger partial charge is 0.293 e. The molecule has 0 spiro atoms. The molecule has 3 rings (SSSR count). The highest BCUT2D eigenvalue weighted by molar-refractivity contribution is 4.97. The van der Waals surface area contributed by atoms with Crippen LogP contribution in [0.5, 0.6) is 0 Å². The number of hydrogen-bond donors (Lipinski definition) is 1. The molecule has 0 saturated carbocycles. The molecule has 2 atom stereocenters. The summed E-state index contributed by atoms with van der Waals surface area (Å²) in [6, 6.07) is 1.29. The monoisotopic (exact) mass is 183 g/mol. The predicted octanol–water partition coefficient (Wildman–Crippen LogP) is 0.807. The molecule has 3 aliphatic heterocycles. The molecule has 0 aromatic heterocycles. The van der Waals surface area contributed by atoms with Crippen LogP contribution in [-0.4, -0.2) is 40.6 Å². The van der Waals surface area contributed by atoms with Crippen molar-refractivity contribution in [3.8, 4) is 0 Å². The van der Waals surface area contributed by atoms with Gasteiger partial charge in [0.2, 0.25) is 0 Å². The van der Waals surface area contributed by atoms with Gasteiger partial charge in [-0.15, -0.1) is 0 Å². The summed E-state index contributed by atoms with van der Waals surface area (Å²) in [6.07, 6.45) is 2.61. The number of nitrogens with zero attached hydrogens (tertiary/aromatic N) is 2. The van der Waals surface area contributed by atoms with Gasteiger partial charge in [-0.1, -0.05) is 0 Å². The van der Waals surface area contributed by atoms with Gasteiger partial charge in [0, 0.05) is 30.7 Å². The van der Waals surface area contributed by atoms with Gasteiger partial charge < -0.3 is 0 Å². The lowest BCUT2D eigenvalue weighted by Crippen LogP contribution is -2.68. The molecule has 3 heterocycles. The summed E-state index contributed by atoms with van der Waals surface area (Å²) in [7, 11) is 0. The molecule has 3 heteroatoms. The SMILES string of the molecule is CC(C)(C)N1C[C@@H]2CC[C@H]1CN2N. The Morgan fingerprint density at radius 2 is 1.69 bits per heavy atom. The fraction of sp³-hybridized carbons (Fsp3) is 1.00. The van der Waals surface area contributed by atoms with Crippen LogP contribution >= 0.6 is 0 Å². The predicted molar refractivity (Wildman–Crippen MR) is 54.2 cm³/mol. The van der Waals surface area contributed by atoms with Crippen LogP contribution in [0, 0.1) is 0 Å². The first-order valence-electron chi connectivity index (χ1n) is 5.26. The number of hydrogen-bond acceptors (Lipinski definition) is 3. The molecule has 3 nitrogen and oxygen atoms in total. The van der Waals surface area contributed by atoms with E-state index in [4.69, 9.17) is 5.84 Å². The Balaban J connectivity index is 2.11. The first-order chi connectivity index (χ1) is 5.98. The van der Waals surface area contributed by atoms with E-state index in [0.29, 0.717) is 17.6 Å². The zero-order valence-electron chi connectivity index (χ0n) is 8.95. The van der Waals surface area contributed by atoms with Crippen LogP contribution in [0.15, 0.2) is 0 Å². The van der Waals surface area contributed by atoms with Crippen molar-refractivity contribution >= 4 is 0 Å².